The normalized spacial score (nSPS) is 26.5. The molecule has 13 heavy (non-hydrogen) atoms. The standard InChI is InChI=1S/C9H20N2O2/c1-13-7-8-2-3-11(4-8)5-9(10)6-12/h8-9,12H,2-7,10H2,1H3. The van der Waals surface area contributed by atoms with Crippen molar-refractivity contribution < 1.29 is 9.84 Å². The van der Waals surface area contributed by atoms with Gasteiger partial charge in [-0.1, -0.05) is 0 Å². The highest BCUT2D eigenvalue weighted by Crippen LogP contribution is 2.15. The smallest absolute Gasteiger partial charge is 0.0595 e. The highest BCUT2D eigenvalue weighted by atomic mass is 16.5. The molecule has 1 saturated heterocycles. The van der Waals surface area contributed by atoms with Crippen LogP contribution in [0.15, 0.2) is 0 Å². The van der Waals surface area contributed by atoms with Gasteiger partial charge in [-0.25, -0.2) is 0 Å². The van der Waals surface area contributed by atoms with Crippen molar-refractivity contribution in [3.63, 3.8) is 0 Å². The zero-order valence-electron chi connectivity index (χ0n) is 8.28. The number of nitrogens with two attached hydrogens (primary N) is 1. The number of nitrogens with zero attached hydrogens (tertiary/aromatic N) is 1. The van der Waals surface area contributed by atoms with E-state index >= 15 is 0 Å². The van der Waals surface area contributed by atoms with E-state index in [0.29, 0.717) is 5.92 Å². The summed E-state index contributed by atoms with van der Waals surface area (Å²) < 4.78 is 5.10. The quantitative estimate of drug-likeness (QED) is 0.597. The van der Waals surface area contributed by atoms with Crippen LogP contribution < -0.4 is 5.73 Å². The van der Waals surface area contributed by atoms with Gasteiger partial charge in [0.05, 0.1) is 13.2 Å². The number of hydrogen-bond acceptors (Lipinski definition) is 4. The van der Waals surface area contributed by atoms with Crippen LogP contribution in [-0.2, 0) is 4.74 Å². The number of ether oxygens (including phenoxy) is 1. The Bertz CT molecular complexity index is 144. The number of methoxy groups -OCH3 is 1. The second kappa shape index (κ2) is 5.54. The van der Waals surface area contributed by atoms with E-state index < -0.39 is 0 Å². The molecule has 1 aliphatic heterocycles. The molecule has 0 amide bonds. The summed E-state index contributed by atoms with van der Waals surface area (Å²) in [5.74, 6) is 0.649. The largest absolute Gasteiger partial charge is 0.395 e. The van der Waals surface area contributed by atoms with E-state index in [4.69, 9.17) is 15.6 Å². The second-order valence-corrected chi connectivity index (χ2v) is 3.81. The lowest BCUT2D eigenvalue weighted by Crippen LogP contribution is -2.38. The lowest BCUT2D eigenvalue weighted by atomic mass is 10.1. The molecule has 0 bridgehead atoms. The fraction of sp³-hybridized carbons (Fsp3) is 1.00. The second-order valence-electron chi connectivity index (χ2n) is 3.81. The Morgan fingerprint density at radius 2 is 2.46 bits per heavy atom. The third kappa shape index (κ3) is 3.60. The van der Waals surface area contributed by atoms with Crippen molar-refractivity contribution in [2.45, 2.75) is 12.5 Å². The van der Waals surface area contributed by atoms with Crippen LogP contribution in [0.5, 0.6) is 0 Å². The van der Waals surface area contributed by atoms with Crippen LogP contribution in [0.1, 0.15) is 6.42 Å². The van der Waals surface area contributed by atoms with Gasteiger partial charge in [0, 0.05) is 26.2 Å². The van der Waals surface area contributed by atoms with E-state index in [1.165, 1.54) is 6.42 Å². The molecule has 0 aromatic carbocycles. The minimum Gasteiger partial charge on any atom is -0.395 e. The molecule has 1 fully saturated rings. The van der Waals surface area contributed by atoms with Gasteiger partial charge in [-0.05, 0) is 18.9 Å². The summed E-state index contributed by atoms with van der Waals surface area (Å²) in [6.07, 6.45) is 1.19. The van der Waals surface area contributed by atoms with Crippen molar-refractivity contribution >= 4 is 0 Å². The van der Waals surface area contributed by atoms with Crippen LogP contribution in [0.4, 0.5) is 0 Å². The molecule has 78 valence electrons. The molecule has 0 spiro atoms. The molecule has 0 aromatic rings. The van der Waals surface area contributed by atoms with Crippen molar-refractivity contribution in [2.75, 3.05) is 40.0 Å². The van der Waals surface area contributed by atoms with Crippen LogP contribution >= 0.6 is 0 Å². The molecule has 0 saturated carbocycles. The molecule has 0 aliphatic carbocycles. The summed E-state index contributed by atoms with van der Waals surface area (Å²) in [5, 5.41) is 8.79. The lowest BCUT2D eigenvalue weighted by Gasteiger charge is -2.19. The summed E-state index contributed by atoms with van der Waals surface area (Å²) in [5.41, 5.74) is 5.65. The minimum absolute atomic E-state index is 0.0748. The maximum atomic E-state index is 8.79. The Balaban J connectivity index is 2.17. The van der Waals surface area contributed by atoms with E-state index in [1.807, 2.05) is 0 Å². The van der Waals surface area contributed by atoms with Crippen molar-refractivity contribution in [2.24, 2.45) is 11.7 Å². The Kier molecular flexibility index (Phi) is 4.66. The van der Waals surface area contributed by atoms with Crippen molar-refractivity contribution in [3.05, 3.63) is 0 Å². The molecule has 0 radical (unpaired) electrons. The lowest BCUT2D eigenvalue weighted by molar-refractivity contribution is 0.150. The van der Waals surface area contributed by atoms with Crippen molar-refractivity contribution in [1.82, 2.24) is 4.90 Å². The molecule has 3 N–H and O–H groups in total. The van der Waals surface area contributed by atoms with E-state index in [1.54, 1.807) is 7.11 Å². The number of likely N-dealkylation sites (tertiary alicyclic amines) is 1. The third-order valence-corrected chi connectivity index (χ3v) is 2.50. The average Bonchev–Trinajstić information content (AvgIpc) is 2.53. The molecule has 4 heteroatoms. The Labute approximate surface area is 79.7 Å². The molecule has 1 aliphatic rings. The van der Waals surface area contributed by atoms with E-state index in [9.17, 15) is 0 Å². The first-order valence-electron chi connectivity index (χ1n) is 4.84. The summed E-state index contributed by atoms with van der Waals surface area (Å²) in [6, 6.07) is -0.0960. The fourth-order valence-corrected chi connectivity index (χ4v) is 1.84. The molecule has 2 atom stereocenters. The Hall–Kier alpha value is -0.160. The average molecular weight is 188 g/mol. The van der Waals surface area contributed by atoms with E-state index in [-0.39, 0.29) is 12.6 Å². The van der Waals surface area contributed by atoms with Crippen LogP contribution in [-0.4, -0.2) is 56.0 Å². The summed E-state index contributed by atoms with van der Waals surface area (Å²) in [4.78, 5) is 2.30. The predicted octanol–water partition coefficient (Wildman–Crippen LogP) is -0.726. The van der Waals surface area contributed by atoms with Gasteiger partial charge < -0.3 is 20.5 Å². The highest BCUT2D eigenvalue weighted by Gasteiger charge is 2.23. The molecule has 4 nitrogen and oxygen atoms in total. The van der Waals surface area contributed by atoms with Crippen LogP contribution in [0.25, 0.3) is 0 Å². The number of rotatable bonds is 5. The molecule has 0 aromatic heterocycles. The first-order valence-corrected chi connectivity index (χ1v) is 4.84. The van der Waals surface area contributed by atoms with E-state index in [0.717, 1.165) is 26.2 Å². The molecular weight excluding hydrogens is 168 g/mol. The van der Waals surface area contributed by atoms with Crippen LogP contribution in [0.3, 0.4) is 0 Å². The first kappa shape index (κ1) is 10.9. The van der Waals surface area contributed by atoms with Gasteiger partial charge in [0.25, 0.3) is 0 Å². The van der Waals surface area contributed by atoms with Crippen molar-refractivity contribution in [3.8, 4) is 0 Å². The molecule has 2 unspecified atom stereocenters. The topological polar surface area (TPSA) is 58.7 Å². The molecule has 1 heterocycles. The van der Waals surface area contributed by atoms with Gasteiger partial charge in [0.1, 0.15) is 0 Å². The van der Waals surface area contributed by atoms with Gasteiger partial charge in [-0.3, -0.25) is 0 Å². The van der Waals surface area contributed by atoms with Gasteiger partial charge >= 0.3 is 0 Å². The van der Waals surface area contributed by atoms with Crippen molar-refractivity contribution in [1.29, 1.82) is 0 Å². The fourth-order valence-electron chi connectivity index (χ4n) is 1.84. The first-order chi connectivity index (χ1) is 6.26. The highest BCUT2D eigenvalue weighted by molar-refractivity contribution is 4.78. The molecule has 1 rings (SSSR count). The maximum absolute atomic E-state index is 8.79. The summed E-state index contributed by atoms with van der Waals surface area (Å²) in [7, 11) is 1.74. The van der Waals surface area contributed by atoms with Crippen LogP contribution in [0.2, 0.25) is 0 Å². The summed E-state index contributed by atoms with van der Waals surface area (Å²) >= 11 is 0. The Morgan fingerprint density at radius 3 is 3.08 bits per heavy atom. The van der Waals surface area contributed by atoms with Crippen LogP contribution in [0, 0.1) is 5.92 Å². The predicted molar refractivity (Wildman–Crippen MR) is 51.5 cm³/mol. The number of aliphatic hydroxyl groups excluding tert-OH is 1. The van der Waals surface area contributed by atoms with Gasteiger partial charge in [-0.15, -0.1) is 0 Å². The number of hydrogen-bond donors (Lipinski definition) is 2. The summed E-state index contributed by atoms with van der Waals surface area (Å²) in [6.45, 7) is 3.86. The van der Waals surface area contributed by atoms with Gasteiger partial charge in [0.15, 0.2) is 0 Å². The maximum Gasteiger partial charge on any atom is 0.0595 e. The van der Waals surface area contributed by atoms with Gasteiger partial charge in [0.2, 0.25) is 0 Å². The zero-order chi connectivity index (χ0) is 9.68. The van der Waals surface area contributed by atoms with Gasteiger partial charge in [-0.2, -0.15) is 0 Å². The van der Waals surface area contributed by atoms with E-state index in [2.05, 4.69) is 4.90 Å². The monoisotopic (exact) mass is 188 g/mol. The Morgan fingerprint density at radius 1 is 1.69 bits per heavy atom. The SMILES string of the molecule is COCC1CCN(CC(N)CO)C1. The molecular formula is C9H20N2O2. The third-order valence-electron chi connectivity index (χ3n) is 2.50. The minimum atomic E-state index is -0.0960. The number of aliphatic hydroxyl groups is 1. The zero-order valence-corrected chi connectivity index (χ0v) is 8.28.